The highest BCUT2D eigenvalue weighted by molar-refractivity contribution is 7.11. The predicted molar refractivity (Wildman–Crippen MR) is 87.7 cm³/mol. The van der Waals surface area contributed by atoms with E-state index in [9.17, 15) is 4.79 Å². The molecule has 1 aromatic heterocycles. The summed E-state index contributed by atoms with van der Waals surface area (Å²) in [7, 11) is 0. The Bertz CT molecular complexity index is 464. The number of hydrogen-bond acceptors (Lipinski definition) is 4. The number of aryl methyl sites for hydroxylation is 2. The molecule has 1 aliphatic rings. The fraction of sp³-hybridized carbons (Fsp3) is 0.750. The molecule has 0 spiro atoms. The van der Waals surface area contributed by atoms with Crippen molar-refractivity contribution in [1.29, 1.82) is 0 Å². The third-order valence-electron chi connectivity index (χ3n) is 4.04. The van der Waals surface area contributed by atoms with Crippen LogP contribution in [-0.2, 0) is 4.79 Å². The number of amides is 1. The molecule has 1 atom stereocenters. The summed E-state index contributed by atoms with van der Waals surface area (Å²) >= 11 is 1.69. The Morgan fingerprint density at radius 2 is 1.86 bits per heavy atom. The van der Waals surface area contributed by atoms with Gasteiger partial charge in [-0.3, -0.25) is 9.69 Å². The van der Waals surface area contributed by atoms with Crippen molar-refractivity contribution in [2.45, 2.75) is 58.9 Å². The van der Waals surface area contributed by atoms with Crippen LogP contribution in [0.3, 0.4) is 0 Å². The van der Waals surface area contributed by atoms with Gasteiger partial charge in [0.15, 0.2) is 0 Å². The van der Waals surface area contributed by atoms with Gasteiger partial charge in [0.25, 0.3) is 0 Å². The number of carbonyl (C=O) groups is 1. The van der Waals surface area contributed by atoms with E-state index in [-0.39, 0.29) is 11.9 Å². The molecule has 5 heteroatoms. The lowest BCUT2D eigenvalue weighted by Crippen LogP contribution is -2.39. The molecule has 0 bridgehead atoms. The van der Waals surface area contributed by atoms with E-state index in [0.29, 0.717) is 6.54 Å². The smallest absolute Gasteiger partial charge is 0.234 e. The topological polar surface area (TPSA) is 45.2 Å². The average Bonchev–Trinajstić information content (AvgIpc) is 2.71. The van der Waals surface area contributed by atoms with E-state index < -0.39 is 0 Å². The zero-order chi connectivity index (χ0) is 15.2. The molecule has 0 saturated carbocycles. The minimum absolute atomic E-state index is 0.00259. The van der Waals surface area contributed by atoms with Gasteiger partial charge in [0.1, 0.15) is 0 Å². The van der Waals surface area contributed by atoms with Crippen molar-refractivity contribution in [3.05, 3.63) is 15.6 Å². The molecular formula is C16H27N3OS. The van der Waals surface area contributed by atoms with Crippen molar-refractivity contribution in [2.75, 3.05) is 19.6 Å². The SMILES string of the molecule is Cc1nc([C@H](C)NC(=O)CN2CCCCCCC2)c(C)s1. The van der Waals surface area contributed by atoms with Gasteiger partial charge in [-0.1, -0.05) is 19.3 Å². The van der Waals surface area contributed by atoms with Crippen molar-refractivity contribution < 1.29 is 4.79 Å². The quantitative estimate of drug-likeness (QED) is 0.929. The Morgan fingerprint density at radius 3 is 2.43 bits per heavy atom. The zero-order valence-corrected chi connectivity index (χ0v) is 14.3. The van der Waals surface area contributed by atoms with Crippen molar-refractivity contribution in [2.24, 2.45) is 0 Å². The third kappa shape index (κ3) is 5.08. The van der Waals surface area contributed by atoms with Gasteiger partial charge in [-0.15, -0.1) is 11.3 Å². The summed E-state index contributed by atoms with van der Waals surface area (Å²) in [5.74, 6) is 0.119. The second kappa shape index (κ2) is 7.90. The van der Waals surface area contributed by atoms with Crippen LogP contribution in [0.2, 0.25) is 0 Å². The van der Waals surface area contributed by atoms with Crippen LogP contribution in [0.25, 0.3) is 0 Å². The van der Waals surface area contributed by atoms with Gasteiger partial charge in [0.05, 0.1) is 23.3 Å². The summed E-state index contributed by atoms with van der Waals surface area (Å²) in [5, 5.41) is 4.16. The normalized spacial score (nSPS) is 18.8. The maximum atomic E-state index is 12.2. The van der Waals surface area contributed by atoms with Crippen LogP contribution in [0, 0.1) is 13.8 Å². The van der Waals surface area contributed by atoms with Gasteiger partial charge in [-0.2, -0.15) is 0 Å². The second-order valence-electron chi connectivity index (χ2n) is 6.01. The molecule has 0 aliphatic carbocycles. The van der Waals surface area contributed by atoms with Crippen LogP contribution in [-0.4, -0.2) is 35.4 Å². The largest absolute Gasteiger partial charge is 0.347 e. The highest BCUT2D eigenvalue weighted by Crippen LogP contribution is 2.22. The van der Waals surface area contributed by atoms with Gasteiger partial charge in [0.2, 0.25) is 5.91 Å². The van der Waals surface area contributed by atoms with Crippen LogP contribution in [0.1, 0.15) is 60.6 Å². The van der Waals surface area contributed by atoms with Gasteiger partial charge in [0, 0.05) is 4.88 Å². The van der Waals surface area contributed by atoms with E-state index >= 15 is 0 Å². The molecule has 1 N–H and O–H groups in total. The molecule has 1 aliphatic heterocycles. The van der Waals surface area contributed by atoms with Gasteiger partial charge in [-0.05, 0) is 46.7 Å². The van der Waals surface area contributed by atoms with Crippen LogP contribution >= 0.6 is 11.3 Å². The molecule has 1 saturated heterocycles. The van der Waals surface area contributed by atoms with E-state index in [4.69, 9.17) is 0 Å². The number of nitrogens with zero attached hydrogens (tertiary/aromatic N) is 2. The van der Waals surface area contributed by atoms with Gasteiger partial charge < -0.3 is 5.32 Å². The maximum Gasteiger partial charge on any atom is 0.234 e. The van der Waals surface area contributed by atoms with Crippen LogP contribution in [0.5, 0.6) is 0 Å². The Kier molecular flexibility index (Phi) is 6.18. The summed E-state index contributed by atoms with van der Waals surface area (Å²) in [6.07, 6.45) is 6.37. The lowest BCUT2D eigenvalue weighted by molar-refractivity contribution is -0.123. The van der Waals surface area contributed by atoms with Crippen molar-refractivity contribution in [1.82, 2.24) is 15.2 Å². The molecule has 2 rings (SSSR count). The number of thiazole rings is 1. The molecule has 4 nitrogen and oxygen atoms in total. The van der Waals surface area contributed by atoms with E-state index in [1.54, 1.807) is 11.3 Å². The molecular weight excluding hydrogens is 282 g/mol. The van der Waals surface area contributed by atoms with Crippen LogP contribution < -0.4 is 5.32 Å². The first-order chi connectivity index (χ1) is 10.1. The lowest BCUT2D eigenvalue weighted by Gasteiger charge is -2.24. The first kappa shape index (κ1) is 16.4. The molecule has 0 radical (unpaired) electrons. The van der Waals surface area contributed by atoms with Crippen molar-refractivity contribution in [3.63, 3.8) is 0 Å². The van der Waals surface area contributed by atoms with Crippen LogP contribution in [0.15, 0.2) is 0 Å². The van der Waals surface area contributed by atoms with E-state index in [1.807, 2.05) is 13.8 Å². The number of aromatic nitrogens is 1. The van der Waals surface area contributed by atoms with Crippen molar-refractivity contribution in [3.8, 4) is 0 Å². The summed E-state index contributed by atoms with van der Waals surface area (Å²) in [6, 6.07) is -0.00259. The van der Waals surface area contributed by atoms with E-state index in [2.05, 4.69) is 22.1 Å². The highest BCUT2D eigenvalue weighted by Gasteiger charge is 2.17. The fourth-order valence-corrected chi connectivity index (χ4v) is 3.89. The van der Waals surface area contributed by atoms with Crippen LogP contribution in [0.4, 0.5) is 0 Å². The molecule has 0 aromatic carbocycles. The standard InChI is InChI=1S/C16H27N3OS/c1-12(16-13(2)21-14(3)18-16)17-15(20)11-19-9-7-5-4-6-8-10-19/h12H,4-11H2,1-3H3,(H,17,20)/t12-/m0/s1. The number of hydrogen-bond donors (Lipinski definition) is 1. The minimum atomic E-state index is -0.00259. The Morgan fingerprint density at radius 1 is 1.24 bits per heavy atom. The summed E-state index contributed by atoms with van der Waals surface area (Å²) in [6.45, 7) is 8.73. The van der Waals surface area contributed by atoms with Gasteiger partial charge in [-0.25, -0.2) is 4.98 Å². The van der Waals surface area contributed by atoms with E-state index in [0.717, 1.165) is 23.8 Å². The monoisotopic (exact) mass is 309 g/mol. The fourth-order valence-electron chi connectivity index (χ4n) is 2.98. The van der Waals surface area contributed by atoms with E-state index in [1.165, 1.54) is 37.0 Å². The first-order valence-electron chi connectivity index (χ1n) is 8.02. The molecule has 1 amide bonds. The Hall–Kier alpha value is -0.940. The molecule has 2 heterocycles. The Labute approximate surface area is 132 Å². The second-order valence-corrected chi connectivity index (χ2v) is 7.41. The number of likely N-dealkylation sites (tertiary alicyclic amines) is 1. The molecule has 0 unspecified atom stereocenters. The average molecular weight is 309 g/mol. The summed E-state index contributed by atoms with van der Waals surface area (Å²) in [5.41, 5.74) is 1.01. The van der Waals surface area contributed by atoms with Gasteiger partial charge >= 0.3 is 0 Å². The van der Waals surface area contributed by atoms with Crippen molar-refractivity contribution >= 4 is 17.2 Å². The number of carbonyl (C=O) groups excluding carboxylic acids is 1. The summed E-state index contributed by atoms with van der Waals surface area (Å²) in [4.78, 5) is 20.3. The molecule has 21 heavy (non-hydrogen) atoms. The minimum Gasteiger partial charge on any atom is -0.347 e. The highest BCUT2D eigenvalue weighted by atomic mass is 32.1. The predicted octanol–water partition coefficient (Wildman–Crippen LogP) is 3.20. The molecule has 1 aromatic rings. The molecule has 118 valence electrons. The third-order valence-corrected chi connectivity index (χ3v) is 4.94. The summed E-state index contributed by atoms with van der Waals surface area (Å²) < 4.78 is 0. The number of nitrogens with one attached hydrogen (secondary N) is 1. The zero-order valence-electron chi connectivity index (χ0n) is 13.4. The first-order valence-corrected chi connectivity index (χ1v) is 8.83. The lowest BCUT2D eigenvalue weighted by atomic mass is 10.1. The molecule has 1 fully saturated rings. The Balaban J connectivity index is 1.84. The maximum absolute atomic E-state index is 12.2. The number of rotatable bonds is 4.